The molecule has 5 nitrogen and oxygen atoms in total. The van der Waals surface area contributed by atoms with Gasteiger partial charge in [0.1, 0.15) is 22.9 Å². The molecule has 23 heavy (non-hydrogen) atoms. The quantitative estimate of drug-likeness (QED) is 0.719. The van der Waals surface area contributed by atoms with E-state index in [4.69, 9.17) is 9.15 Å². The van der Waals surface area contributed by atoms with Crippen molar-refractivity contribution in [3.05, 3.63) is 72.7 Å². The minimum atomic E-state index is -0.488. The maximum atomic E-state index is 9.97. The van der Waals surface area contributed by atoms with Gasteiger partial charge in [0.2, 0.25) is 6.23 Å². The molecule has 0 saturated heterocycles. The van der Waals surface area contributed by atoms with Gasteiger partial charge in [0.25, 0.3) is 0 Å². The first-order chi connectivity index (χ1) is 11.3. The fraction of sp³-hybridized carbons (Fsp3) is 0.0556. The van der Waals surface area contributed by atoms with Gasteiger partial charge in [0, 0.05) is 0 Å². The summed E-state index contributed by atoms with van der Waals surface area (Å²) in [6, 6.07) is 18.2. The highest BCUT2D eigenvalue weighted by Gasteiger charge is 2.29. The third-order valence-corrected chi connectivity index (χ3v) is 3.56. The van der Waals surface area contributed by atoms with Crippen molar-refractivity contribution < 1.29 is 14.3 Å². The Bertz CT molecular complexity index is 831. The molecule has 1 aromatic heterocycles. The Morgan fingerprint density at radius 1 is 1.00 bits per heavy atom. The summed E-state index contributed by atoms with van der Waals surface area (Å²) >= 11 is 0. The van der Waals surface area contributed by atoms with Crippen LogP contribution in [0, 0.1) is 0 Å². The molecule has 2 aromatic carbocycles. The maximum Gasteiger partial charge on any atom is 0.217 e. The van der Waals surface area contributed by atoms with E-state index in [2.05, 4.69) is 10.3 Å². The van der Waals surface area contributed by atoms with Crippen molar-refractivity contribution in [2.24, 2.45) is 4.99 Å². The number of phenolic OH excluding ortho intramolecular Hbond substituents is 1. The van der Waals surface area contributed by atoms with E-state index in [1.54, 1.807) is 30.5 Å². The minimum absolute atomic E-state index is 0.104. The summed E-state index contributed by atoms with van der Waals surface area (Å²) in [6.45, 7) is 0. The molecule has 0 bridgehead atoms. The predicted molar refractivity (Wildman–Crippen MR) is 87.5 cm³/mol. The van der Waals surface area contributed by atoms with Crippen molar-refractivity contribution in [3.63, 3.8) is 0 Å². The second-order valence-corrected chi connectivity index (χ2v) is 5.10. The zero-order valence-electron chi connectivity index (χ0n) is 12.1. The highest BCUT2D eigenvalue weighted by molar-refractivity contribution is 6.05. The molecule has 2 heterocycles. The van der Waals surface area contributed by atoms with E-state index in [0.29, 0.717) is 17.2 Å². The average molecular weight is 306 g/mol. The van der Waals surface area contributed by atoms with Gasteiger partial charge in [-0.3, -0.25) is 0 Å². The van der Waals surface area contributed by atoms with Crippen molar-refractivity contribution in [3.8, 4) is 11.5 Å². The number of hydrogen-bond donors (Lipinski definition) is 2. The number of phenols is 1. The summed E-state index contributed by atoms with van der Waals surface area (Å²) in [6.07, 6.45) is 1.09. The molecule has 0 saturated carbocycles. The third-order valence-electron chi connectivity index (χ3n) is 3.56. The molecule has 0 aliphatic carbocycles. The molecular formula is C18H14N2O3. The Hall–Kier alpha value is -3.21. The number of fused-ring (bicyclic) bond motifs is 1. The van der Waals surface area contributed by atoms with E-state index >= 15 is 0 Å². The SMILES string of the molecule is Oc1ccccc1N=C(c1ccco1)C1Nc2ccccc2O1. The molecule has 0 fully saturated rings. The second kappa shape index (κ2) is 5.53. The topological polar surface area (TPSA) is 67.0 Å². The molecule has 0 radical (unpaired) electrons. The molecule has 0 amide bonds. The lowest BCUT2D eigenvalue weighted by atomic mass is 10.2. The van der Waals surface area contributed by atoms with Gasteiger partial charge in [-0.1, -0.05) is 24.3 Å². The summed E-state index contributed by atoms with van der Waals surface area (Å²) in [5.74, 6) is 1.44. The summed E-state index contributed by atoms with van der Waals surface area (Å²) in [5.41, 5.74) is 1.92. The number of nitrogens with zero attached hydrogens (tertiary/aromatic N) is 1. The lowest BCUT2D eigenvalue weighted by Gasteiger charge is -2.13. The smallest absolute Gasteiger partial charge is 0.217 e. The van der Waals surface area contributed by atoms with Crippen LogP contribution in [-0.2, 0) is 0 Å². The van der Waals surface area contributed by atoms with Crippen molar-refractivity contribution >= 4 is 17.1 Å². The van der Waals surface area contributed by atoms with Crippen LogP contribution in [0.1, 0.15) is 5.76 Å². The lowest BCUT2D eigenvalue weighted by Crippen LogP contribution is -2.31. The Labute approximate surface area is 132 Å². The maximum absolute atomic E-state index is 9.97. The first kappa shape index (κ1) is 13.5. The average Bonchev–Trinajstić information content (AvgIpc) is 3.23. The Balaban J connectivity index is 1.75. The van der Waals surface area contributed by atoms with Crippen LogP contribution in [0.25, 0.3) is 0 Å². The summed E-state index contributed by atoms with van der Waals surface area (Å²) in [5, 5.41) is 13.2. The largest absolute Gasteiger partial charge is 0.506 e. The number of benzene rings is 2. The van der Waals surface area contributed by atoms with Crippen molar-refractivity contribution in [2.75, 3.05) is 5.32 Å². The van der Waals surface area contributed by atoms with Crippen LogP contribution in [0.3, 0.4) is 0 Å². The molecule has 4 rings (SSSR count). The fourth-order valence-corrected chi connectivity index (χ4v) is 2.47. The molecule has 1 unspecified atom stereocenters. The van der Waals surface area contributed by atoms with Crippen LogP contribution in [0.4, 0.5) is 11.4 Å². The van der Waals surface area contributed by atoms with Crippen LogP contribution < -0.4 is 10.1 Å². The third kappa shape index (κ3) is 2.53. The van der Waals surface area contributed by atoms with Crippen molar-refractivity contribution in [1.82, 2.24) is 0 Å². The number of rotatable bonds is 3. The number of ether oxygens (including phenoxy) is 1. The number of nitrogens with one attached hydrogen (secondary N) is 1. The zero-order valence-corrected chi connectivity index (χ0v) is 12.1. The fourth-order valence-electron chi connectivity index (χ4n) is 2.47. The van der Waals surface area contributed by atoms with Gasteiger partial charge in [0.15, 0.2) is 5.76 Å². The molecule has 5 heteroatoms. The van der Waals surface area contributed by atoms with Crippen LogP contribution in [0.5, 0.6) is 11.5 Å². The van der Waals surface area contributed by atoms with E-state index in [9.17, 15) is 5.11 Å². The van der Waals surface area contributed by atoms with Crippen LogP contribution in [0.2, 0.25) is 0 Å². The molecule has 1 aliphatic heterocycles. The number of furan rings is 1. The summed E-state index contributed by atoms with van der Waals surface area (Å²) in [7, 11) is 0. The van der Waals surface area contributed by atoms with Gasteiger partial charge in [-0.25, -0.2) is 4.99 Å². The first-order valence-electron chi connectivity index (χ1n) is 7.24. The van der Waals surface area contributed by atoms with Gasteiger partial charge in [-0.15, -0.1) is 0 Å². The van der Waals surface area contributed by atoms with E-state index in [1.807, 2.05) is 36.4 Å². The lowest BCUT2D eigenvalue weighted by molar-refractivity contribution is 0.317. The zero-order chi connectivity index (χ0) is 15.6. The molecule has 0 spiro atoms. The van der Waals surface area contributed by atoms with Gasteiger partial charge in [-0.2, -0.15) is 0 Å². The second-order valence-electron chi connectivity index (χ2n) is 5.10. The number of anilines is 1. The molecule has 1 atom stereocenters. The van der Waals surface area contributed by atoms with E-state index in [0.717, 1.165) is 11.4 Å². The van der Waals surface area contributed by atoms with E-state index < -0.39 is 6.23 Å². The highest BCUT2D eigenvalue weighted by atomic mass is 16.5. The van der Waals surface area contributed by atoms with Crippen molar-refractivity contribution in [1.29, 1.82) is 0 Å². The molecular weight excluding hydrogens is 292 g/mol. The number of aliphatic imine (C=N–C) groups is 1. The van der Waals surface area contributed by atoms with E-state index in [1.165, 1.54) is 0 Å². The van der Waals surface area contributed by atoms with Crippen LogP contribution in [0.15, 0.2) is 76.3 Å². The van der Waals surface area contributed by atoms with Gasteiger partial charge < -0.3 is 19.6 Å². The standard InChI is InChI=1S/C18H14N2O3/c21-14-8-3-1-6-12(14)19-17(16-10-5-11-22-16)18-20-13-7-2-4-9-15(13)23-18/h1-11,18,20-21H. The molecule has 114 valence electrons. The van der Waals surface area contributed by atoms with Crippen molar-refractivity contribution in [2.45, 2.75) is 6.23 Å². The van der Waals surface area contributed by atoms with Crippen LogP contribution >= 0.6 is 0 Å². The monoisotopic (exact) mass is 306 g/mol. The molecule has 3 aromatic rings. The Morgan fingerprint density at radius 2 is 1.83 bits per heavy atom. The van der Waals surface area contributed by atoms with E-state index in [-0.39, 0.29) is 5.75 Å². The summed E-state index contributed by atoms with van der Waals surface area (Å²) in [4.78, 5) is 4.55. The number of para-hydroxylation sites is 4. The Kier molecular flexibility index (Phi) is 3.24. The Morgan fingerprint density at radius 3 is 2.61 bits per heavy atom. The van der Waals surface area contributed by atoms with Gasteiger partial charge >= 0.3 is 0 Å². The normalized spacial score (nSPS) is 16.5. The van der Waals surface area contributed by atoms with Gasteiger partial charge in [0.05, 0.1) is 12.0 Å². The first-order valence-corrected chi connectivity index (χ1v) is 7.24. The number of hydrogen-bond acceptors (Lipinski definition) is 5. The minimum Gasteiger partial charge on any atom is -0.506 e. The van der Waals surface area contributed by atoms with Gasteiger partial charge in [-0.05, 0) is 36.4 Å². The van der Waals surface area contributed by atoms with Crippen LogP contribution in [-0.4, -0.2) is 17.0 Å². The predicted octanol–water partition coefficient (Wildman–Crippen LogP) is 3.94. The summed E-state index contributed by atoms with van der Waals surface area (Å²) < 4.78 is 11.4. The molecule has 2 N–H and O–H groups in total. The number of aromatic hydroxyl groups is 1. The molecule has 1 aliphatic rings. The highest BCUT2D eigenvalue weighted by Crippen LogP contribution is 2.34.